The Kier molecular flexibility index (Phi) is 3.77. The standard InChI is InChI=1S/C16H14N2O3S/c1-10-17-11(9-22-10)6-7-15(19)18-8-13(16(20)21)12-4-2-3-5-14(12)18/h2-7,9,13H,8H2,1H3,(H,20,21)/b7-6+. The predicted molar refractivity (Wildman–Crippen MR) is 85.1 cm³/mol. The third-order valence-electron chi connectivity index (χ3n) is 3.57. The molecule has 112 valence electrons. The van der Waals surface area contributed by atoms with Gasteiger partial charge in [-0.05, 0) is 24.6 Å². The molecule has 1 amide bonds. The quantitative estimate of drug-likeness (QED) is 0.884. The van der Waals surface area contributed by atoms with Gasteiger partial charge in [-0.1, -0.05) is 18.2 Å². The Morgan fingerprint density at radius 1 is 1.41 bits per heavy atom. The number of carbonyl (C=O) groups is 2. The van der Waals surface area contributed by atoms with Crippen LogP contribution in [0.3, 0.4) is 0 Å². The van der Waals surface area contributed by atoms with Crippen molar-refractivity contribution in [3.63, 3.8) is 0 Å². The summed E-state index contributed by atoms with van der Waals surface area (Å²) in [6.07, 6.45) is 3.10. The summed E-state index contributed by atoms with van der Waals surface area (Å²) in [7, 11) is 0. The minimum Gasteiger partial charge on any atom is -0.481 e. The number of benzene rings is 1. The van der Waals surface area contributed by atoms with Gasteiger partial charge in [0.2, 0.25) is 0 Å². The molecule has 2 aromatic rings. The van der Waals surface area contributed by atoms with Crippen molar-refractivity contribution in [3.8, 4) is 0 Å². The van der Waals surface area contributed by atoms with Crippen molar-refractivity contribution in [3.05, 3.63) is 52.0 Å². The number of aryl methyl sites for hydroxylation is 1. The largest absolute Gasteiger partial charge is 0.481 e. The Balaban J connectivity index is 1.84. The molecule has 1 aromatic heterocycles. The second kappa shape index (κ2) is 5.73. The molecule has 6 heteroatoms. The number of anilines is 1. The van der Waals surface area contributed by atoms with Crippen molar-refractivity contribution >= 4 is 35.0 Å². The number of thiazole rings is 1. The van der Waals surface area contributed by atoms with Crippen LogP contribution in [0.2, 0.25) is 0 Å². The van der Waals surface area contributed by atoms with Crippen molar-refractivity contribution in [2.75, 3.05) is 11.4 Å². The van der Waals surface area contributed by atoms with Crippen molar-refractivity contribution < 1.29 is 14.7 Å². The van der Waals surface area contributed by atoms with Gasteiger partial charge < -0.3 is 10.0 Å². The third kappa shape index (κ3) is 2.65. The highest BCUT2D eigenvalue weighted by Gasteiger charge is 2.35. The van der Waals surface area contributed by atoms with Crippen LogP contribution in [0.15, 0.2) is 35.7 Å². The number of aromatic nitrogens is 1. The number of hydrogen-bond donors (Lipinski definition) is 1. The van der Waals surface area contributed by atoms with Crippen LogP contribution in [0.4, 0.5) is 5.69 Å². The Morgan fingerprint density at radius 2 is 2.18 bits per heavy atom. The average Bonchev–Trinajstić information content (AvgIpc) is 3.08. The Hall–Kier alpha value is -2.47. The van der Waals surface area contributed by atoms with Gasteiger partial charge in [0, 0.05) is 23.7 Å². The van der Waals surface area contributed by atoms with E-state index in [0.29, 0.717) is 11.3 Å². The second-order valence-corrected chi connectivity index (χ2v) is 6.09. The van der Waals surface area contributed by atoms with E-state index in [1.807, 2.05) is 12.3 Å². The normalized spacial score (nSPS) is 17.0. The predicted octanol–water partition coefficient (Wildman–Crippen LogP) is 2.68. The molecule has 1 aromatic carbocycles. The van der Waals surface area contributed by atoms with E-state index in [4.69, 9.17) is 0 Å². The van der Waals surface area contributed by atoms with Crippen LogP contribution in [0, 0.1) is 6.92 Å². The molecular weight excluding hydrogens is 300 g/mol. The molecule has 22 heavy (non-hydrogen) atoms. The molecule has 1 aliphatic rings. The van der Waals surface area contributed by atoms with Crippen molar-refractivity contribution in [2.45, 2.75) is 12.8 Å². The minimum atomic E-state index is -0.915. The number of rotatable bonds is 3. The first-order valence-electron chi connectivity index (χ1n) is 6.79. The van der Waals surface area contributed by atoms with E-state index in [0.717, 1.165) is 10.7 Å². The lowest BCUT2D eigenvalue weighted by molar-refractivity contribution is -0.138. The molecule has 1 aliphatic heterocycles. The van der Waals surface area contributed by atoms with Gasteiger partial charge >= 0.3 is 5.97 Å². The topological polar surface area (TPSA) is 70.5 Å². The Bertz CT molecular complexity index is 766. The number of carbonyl (C=O) groups excluding carboxylic acids is 1. The lowest BCUT2D eigenvalue weighted by atomic mass is 10.0. The summed E-state index contributed by atoms with van der Waals surface area (Å²) in [4.78, 5) is 29.5. The summed E-state index contributed by atoms with van der Waals surface area (Å²) < 4.78 is 0. The molecule has 2 heterocycles. The zero-order valence-electron chi connectivity index (χ0n) is 11.9. The van der Waals surface area contributed by atoms with Gasteiger partial charge in [-0.3, -0.25) is 9.59 Å². The van der Waals surface area contributed by atoms with Gasteiger partial charge in [-0.2, -0.15) is 0 Å². The summed E-state index contributed by atoms with van der Waals surface area (Å²) in [5, 5.41) is 12.1. The maximum Gasteiger partial charge on any atom is 0.312 e. The van der Waals surface area contributed by atoms with Crippen molar-refractivity contribution in [1.29, 1.82) is 0 Å². The van der Waals surface area contributed by atoms with E-state index in [1.54, 1.807) is 30.3 Å². The zero-order chi connectivity index (χ0) is 15.7. The maximum atomic E-state index is 12.4. The van der Waals surface area contributed by atoms with Crippen LogP contribution in [-0.4, -0.2) is 28.5 Å². The van der Waals surface area contributed by atoms with Crippen LogP contribution in [-0.2, 0) is 9.59 Å². The van der Waals surface area contributed by atoms with Crippen LogP contribution < -0.4 is 4.90 Å². The number of amides is 1. The Morgan fingerprint density at radius 3 is 2.86 bits per heavy atom. The number of carboxylic acids is 1. The maximum absolute atomic E-state index is 12.4. The first-order chi connectivity index (χ1) is 10.6. The number of para-hydroxylation sites is 1. The molecule has 0 radical (unpaired) electrons. The highest BCUT2D eigenvalue weighted by molar-refractivity contribution is 7.09. The molecule has 3 rings (SSSR count). The SMILES string of the molecule is Cc1nc(/C=C/C(=O)N2CC(C(=O)O)c3ccccc32)cs1. The van der Waals surface area contributed by atoms with E-state index in [-0.39, 0.29) is 12.5 Å². The van der Waals surface area contributed by atoms with Crippen LogP contribution in [0.1, 0.15) is 22.2 Å². The molecule has 0 spiro atoms. The van der Waals surface area contributed by atoms with Gasteiger partial charge in [0.05, 0.1) is 10.7 Å². The average molecular weight is 314 g/mol. The molecule has 5 nitrogen and oxygen atoms in total. The lowest BCUT2D eigenvalue weighted by Gasteiger charge is -2.14. The van der Waals surface area contributed by atoms with Gasteiger partial charge in [-0.25, -0.2) is 4.98 Å². The van der Waals surface area contributed by atoms with Gasteiger partial charge in [0.1, 0.15) is 5.92 Å². The number of carboxylic acid groups (broad SMARTS) is 1. The fourth-order valence-electron chi connectivity index (χ4n) is 2.53. The molecule has 0 aliphatic carbocycles. The zero-order valence-corrected chi connectivity index (χ0v) is 12.7. The summed E-state index contributed by atoms with van der Waals surface area (Å²) in [6, 6.07) is 7.12. The summed E-state index contributed by atoms with van der Waals surface area (Å²) in [6.45, 7) is 2.06. The molecule has 1 unspecified atom stereocenters. The van der Waals surface area contributed by atoms with E-state index < -0.39 is 11.9 Å². The Labute approximate surface area is 131 Å². The number of nitrogens with zero attached hydrogens (tertiary/aromatic N) is 2. The minimum absolute atomic E-state index is 0.161. The second-order valence-electron chi connectivity index (χ2n) is 5.02. The van der Waals surface area contributed by atoms with E-state index >= 15 is 0 Å². The first-order valence-corrected chi connectivity index (χ1v) is 7.67. The van der Waals surface area contributed by atoms with Gasteiger partial charge in [0.15, 0.2) is 0 Å². The smallest absolute Gasteiger partial charge is 0.312 e. The molecule has 1 atom stereocenters. The van der Waals surface area contributed by atoms with E-state index in [2.05, 4.69) is 4.98 Å². The van der Waals surface area contributed by atoms with Crippen LogP contribution in [0.5, 0.6) is 0 Å². The summed E-state index contributed by atoms with van der Waals surface area (Å²) in [5.74, 6) is -1.82. The molecule has 0 bridgehead atoms. The fraction of sp³-hybridized carbons (Fsp3) is 0.188. The molecule has 0 saturated carbocycles. The third-order valence-corrected chi connectivity index (χ3v) is 4.36. The number of aliphatic carboxylic acids is 1. The monoisotopic (exact) mass is 314 g/mol. The molecule has 0 saturated heterocycles. The summed E-state index contributed by atoms with van der Waals surface area (Å²) >= 11 is 1.52. The highest BCUT2D eigenvalue weighted by atomic mass is 32.1. The molecule has 1 N–H and O–H groups in total. The van der Waals surface area contributed by atoms with Crippen LogP contribution >= 0.6 is 11.3 Å². The van der Waals surface area contributed by atoms with E-state index in [1.165, 1.54) is 22.3 Å². The van der Waals surface area contributed by atoms with Crippen LogP contribution in [0.25, 0.3) is 6.08 Å². The lowest BCUT2D eigenvalue weighted by Crippen LogP contribution is -2.29. The van der Waals surface area contributed by atoms with Gasteiger partial charge in [0.25, 0.3) is 5.91 Å². The van der Waals surface area contributed by atoms with Crippen molar-refractivity contribution in [1.82, 2.24) is 4.98 Å². The van der Waals surface area contributed by atoms with E-state index in [9.17, 15) is 14.7 Å². The van der Waals surface area contributed by atoms with Gasteiger partial charge in [-0.15, -0.1) is 11.3 Å². The van der Waals surface area contributed by atoms with Crippen molar-refractivity contribution in [2.24, 2.45) is 0 Å². The first kappa shape index (κ1) is 14.5. The molecule has 0 fully saturated rings. The summed E-state index contributed by atoms with van der Waals surface area (Å²) in [5.41, 5.74) is 2.08. The fourth-order valence-corrected chi connectivity index (χ4v) is 3.11. The highest BCUT2D eigenvalue weighted by Crippen LogP contribution is 2.36. The molecular formula is C16H14N2O3S. The number of hydrogen-bond acceptors (Lipinski definition) is 4. The number of fused-ring (bicyclic) bond motifs is 1.